The van der Waals surface area contributed by atoms with Crippen LogP contribution in [0.2, 0.25) is 5.02 Å². The van der Waals surface area contributed by atoms with Crippen LogP contribution >= 0.6 is 22.9 Å². The van der Waals surface area contributed by atoms with E-state index < -0.39 is 0 Å². The number of aryl methyl sites for hydroxylation is 1. The van der Waals surface area contributed by atoms with E-state index in [-0.39, 0.29) is 23.5 Å². The molecule has 0 aliphatic heterocycles. The summed E-state index contributed by atoms with van der Waals surface area (Å²) in [6.07, 6.45) is 0. The molecule has 0 atom stereocenters. The number of benzene rings is 2. The van der Waals surface area contributed by atoms with Gasteiger partial charge in [0.05, 0.1) is 6.54 Å². The lowest BCUT2D eigenvalue weighted by Gasteiger charge is -2.08. The summed E-state index contributed by atoms with van der Waals surface area (Å²) >= 11 is 7.00. The van der Waals surface area contributed by atoms with E-state index in [0.29, 0.717) is 15.7 Å². The first kappa shape index (κ1) is 18.8. The second-order valence-corrected chi connectivity index (χ2v) is 7.09. The monoisotopic (exact) mass is 401 g/mol. The van der Waals surface area contributed by atoms with Gasteiger partial charge in [0, 0.05) is 16.4 Å². The third-order valence-electron chi connectivity index (χ3n) is 3.54. The van der Waals surface area contributed by atoms with E-state index >= 15 is 0 Å². The number of carbonyl (C=O) groups is 2. The number of nitrogens with one attached hydrogen (secondary N) is 3. The van der Waals surface area contributed by atoms with Crippen molar-refractivity contribution in [3.8, 4) is 0 Å². The smallest absolute Gasteiger partial charge is 0.319 e. The number of nitrogens with zero attached hydrogens (tertiary/aromatic N) is 2. The van der Waals surface area contributed by atoms with Crippen molar-refractivity contribution in [1.82, 2.24) is 15.5 Å². The zero-order valence-corrected chi connectivity index (χ0v) is 15.9. The lowest BCUT2D eigenvalue weighted by atomic mass is 10.2. The highest BCUT2D eigenvalue weighted by Crippen LogP contribution is 2.17. The van der Waals surface area contributed by atoms with Gasteiger partial charge in [-0.2, -0.15) is 0 Å². The Bertz CT molecular complexity index is 976. The zero-order chi connectivity index (χ0) is 19.2. The van der Waals surface area contributed by atoms with E-state index in [0.717, 1.165) is 22.6 Å². The van der Waals surface area contributed by atoms with E-state index in [1.165, 1.54) is 0 Å². The molecule has 1 aromatic heterocycles. The van der Waals surface area contributed by atoms with Crippen molar-refractivity contribution < 1.29 is 9.59 Å². The number of para-hydroxylation sites is 1. The molecule has 0 aliphatic carbocycles. The predicted molar refractivity (Wildman–Crippen MR) is 106 cm³/mol. The Morgan fingerprint density at radius 1 is 1.07 bits per heavy atom. The molecule has 3 N–H and O–H groups in total. The van der Waals surface area contributed by atoms with E-state index in [9.17, 15) is 9.59 Å². The van der Waals surface area contributed by atoms with Crippen LogP contribution in [0.25, 0.3) is 0 Å². The van der Waals surface area contributed by atoms with Gasteiger partial charge in [0.2, 0.25) is 5.01 Å². The fraction of sp³-hybridized carbons (Fsp3) is 0.111. The van der Waals surface area contributed by atoms with Crippen LogP contribution in [0.5, 0.6) is 0 Å². The highest BCUT2D eigenvalue weighted by Gasteiger charge is 2.14. The molecule has 2 aromatic carbocycles. The Kier molecular flexibility index (Phi) is 6.00. The van der Waals surface area contributed by atoms with Crippen molar-refractivity contribution in [3.05, 3.63) is 69.1 Å². The molecule has 0 aliphatic rings. The summed E-state index contributed by atoms with van der Waals surface area (Å²) in [7, 11) is 0. The normalized spacial score (nSPS) is 10.3. The molecule has 7 nitrogen and oxygen atoms in total. The quantitative estimate of drug-likeness (QED) is 0.600. The van der Waals surface area contributed by atoms with E-state index in [1.807, 2.05) is 31.2 Å². The maximum atomic E-state index is 12.2. The summed E-state index contributed by atoms with van der Waals surface area (Å²) < 4.78 is 0. The summed E-state index contributed by atoms with van der Waals surface area (Å²) in [5.74, 6) is -0.384. The summed E-state index contributed by atoms with van der Waals surface area (Å²) in [6, 6.07) is 13.9. The van der Waals surface area contributed by atoms with E-state index in [2.05, 4.69) is 26.1 Å². The van der Waals surface area contributed by atoms with E-state index in [4.69, 9.17) is 11.6 Å². The highest BCUT2D eigenvalue weighted by atomic mass is 35.5. The van der Waals surface area contributed by atoms with E-state index in [1.54, 1.807) is 24.3 Å². The fourth-order valence-electron chi connectivity index (χ4n) is 2.20. The average Bonchev–Trinajstić information content (AvgIpc) is 3.11. The van der Waals surface area contributed by atoms with Gasteiger partial charge in [-0.3, -0.25) is 4.79 Å². The Morgan fingerprint density at radius 2 is 1.89 bits per heavy atom. The van der Waals surface area contributed by atoms with Gasteiger partial charge < -0.3 is 16.0 Å². The Hall–Kier alpha value is -2.97. The molecule has 27 heavy (non-hydrogen) atoms. The Morgan fingerprint density at radius 3 is 2.67 bits per heavy atom. The molecule has 0 fully saturated rings. The average molecular weight is 402 g/mol. The van der Waals surface area contributed by atoms with Crippen LogP contribution in [-0.2, 0) is 6.54 Å². The van der Waals surface area contributed by atoms with Crippen LogP contribution in [0.3, 0.4) is 0 Å². The highest BCUT2D eigenvalue weighted by molar-refractivity contribution is 7.13. The molecule has 0 unspecified atom stereocenters. The summed E-state index contributed by atoms with van der Waals surface area (Å²) in [4.78, 5) is 24.2. The van der Waals surface area contributed by atoms with Crippen LogP contribution in [-0.4, -0.2) is 22.1 Å². The van der Waals surface area contributed by atoms with Gasteiger partial charge >= 0.3 is 6.03 Å². The minimum Gasteiger partial charge on any atom is -0.331 e. The maximum absolute atomic E-state index is 12.2. The molecule has 0 bridgehead atoms. The second-order valence-electron chi connectivity index (χ2n) is 5.59. The molecule has 0 spiro atoms. The number of halogens is 1. The summed E-state index contributed by atoms with van der Waals surface area (Å²) in [5.41, 5.74) is 2.26. The zero-order valence-electron chi connectivity index (χ0n) is 14.3. The molecule has 3 rings (SSSR count). The molecule has 1 heterocycles. The minimum absolute atomic E-state index is 0.166. The van der Waals surface area contributed by atoms with Gasteiger partial charge in [-0.15, -0.1) is 10.2 Å². The van der Waals surface area contributed by atoms with Crippen LogP contribution in [0, 0.1) is 6.92 Å². The number of hydrogen-bond donors (Lipinski definition) is 3. The number of urea groups is 1. The van der Waals surface area contributed by atoms with Crippen LogP contribution in [0.1, 0.15) is 20.4 Å². The lowest BCUT2D eigenvalue weighted by molar-refractivity contribution is 0.102. The Balaban J connectivity index is 1.54. The predicted octanol–water partition coefficient (Wildman–Crippen LogP) is 4.07. The summed E-state index contributed by atoms with van der Waals surface area (Å²) in [6.45, 7) is 2.07. The molecule has 9 heteroatoms. The minimum atomic E-state index is -0.384. The van der Waals surface area contributed by atoms with Crippen molar-refractivity contribution in [2.75, 3.05) is 10.6 Å². The first-order chi connectivity index (χ1) is 13.0. The second kappa shape index (κ2) is 8.61. The van der Waals surface area contributed by atoms with Crippen molar-refractivity contribution in [2.45, 2.75) is 13.5 Å². The molecule has 0 saturated heterocycles. The molecule has 3 aromatic rings. The topological polar surface area (TPSA) is 96.0 Å². The first-order valence-corrected chi connectivity index (χ1v) is 9.20. The number of amides is 3. The van der Waals surface area contributed by atoms with Gasteiger partial charge in [0.15, 0.2) is 0 Å². The fourth-order valence-corrected chi connectivity index (χ4v) is 3.07. The lowest BCUT2D eigenvalue weighted by Crippen LogP contribution is -2.28. The van der Waals surface area contributed by atoms with Gasteiger partial charge in [0.1, 0.15) is 5.01 Å². The number of aromatic nitrogens is 2. The van der Waals surface area contributed by atoms with Crippen LogP contribution in [0.15, 0.2) is 48.5 Å². The summed E-state index contributed by atoms with van der Waals surface area (Å²) in [5, 5.41) is 17.2. The number of rotatable bonds is 5. The molecular formula is C18H16ClN5O2S. The van der Waals surface area contributed by atoms with Gasteiger partial charge in [0.25, 0.3) is 5.91 Å². The van der Waals surface area contributed by atoms with Gasteiger partial charge in [-0.05, 0) is 36.8 Å². The van der Waals surface area contributed by atoms with Crippen molar-refractivity contribution in [3.63, 3.8) is 0 Å². The number of hydrogen-bond acceptors (Lipinski definition) is 5. The van der Waals surface area contributed by atoms with Crippen LogP contribution < -0.4 is 16.0 Å². The molecule has 0 radical (unpaired) electrons. The molecular weight excluding hydrogens is 386 g/mol. The van der Waals surface area contributed by atoms with Crippen molar-refractivity contribution in [2.24, 2.45) is 0 Å². The maximum Gasteiger partial charge on any atom is 0.319 e. The first-order valence-electron chi connectivity index (χ1n) is 8.01. The van der Waals surface area contributed by atoms with Crippen molar-refractivity contribution in [1.29, 1.82) is 0 Å². The van der Waals surface area contributed by atoms with Gasteiger partial charge in [-0.25, -0.2) is 4.79 Å². The number of carbonyl (C=O) groups excluding carboxylic acids is 2. The number of anilines is 2. The standard InChI is InChI=1S/C18H16ClN5O2S/c1-11-5-2-3-8-14(11)22-18(26)20-10-15-23-24-17(27-15)16(25)21-13-7-4-6-12(19)9-13/h2-9H,10H2,1H3,(H,21,25)(H2,20,22,26). The van der Waals surface area contributed by atoms with Crippen molar-refractivity contribution >= 4 is 46.3 Å². The third kappa shape index (κ3) is 5.25. The van der Waals surface area contributed by atoms with Crippen LogP contribution in [0.4, 0.5) is 16.2 Å². The molecule has 3 amide bonds. The Labute approximate surface area is 164 Å². The SMILES string of the molecule is Cc1ccccc1NC(=O)NCc1nnc(C(=O)Nc2cccc(Cl)c2)s1. The molecule has 0 saturated carbocycles. The van der Waals surface area contributed by atoms with Gasteiger partial charge in [-0.1, -0.05) is 47.2 Å². The largest absolute Gasteiger partial charge is 0.331 e. The third-order valence-corrected chi connectivity index (χ3v) is 4.69. The molecule has 138 valence electrons.